The van der Waals surface area contributed by atoms with Gasteiger partial charge in [-0.05, 0) is 13.0 Å². The minimum atomic E-state index is -1.64. The number of rotatable bonds is 4. The van der Waals surface area contributed by atoms with Crippen LogP contribution in [0.2, 0.25) is 0 Å². The fourth-order valence-corrected chi connectivity index (χ4v) is 1.45. The number of hydrogen-bond acceptors (Lipinski definition) is 6. The number of carboxylic acid groups (broad SMARTS) is 1. The summed E-state index contributed by atoms with van der Waals surface area (Å²) in [5.41, 5.74) is 1.15. The van der Waals surface area contributed by atoms with Crippen molar-refractivity contribution in [3.05, 3.63) is 23.5 Å². The van der Waals surface area contributed by atoms with E-state index in [2.05, 4.69) is 15.5 Å². The quantitative estimate of drug-likeness (QED) is 0.693. The smallest absolute Gasteiger partial charge is 0.334 e. The summed E-state index contributed by atoms with van der Waals surface area (Å²) in [5, 5.41) is 24.1. The molecule has 0 aromatic carbocycles. The van der Waals surface area contributed by atoms with Crippen molar-refractivity contribution >= 4 is 23.0 Å². The number of fused-ring (bicyclic) bond motifs is 1. The van der Waals surface area contributed by atoms with Gasteiger partial charge in [0.25, 0.3) is 11.6 Å². The van der Waals surface area contributed by atoms with Crippen LogP contribution in [0.25, 0.3) is 11.1 Å². The molecule has 0 fully saturated rings. The van der Waals surface area contributed by atoms with E-state index in [0.717, 1.165) is 0 Å². The largest absolute Gasteiger partial charge is 0.479 e. The first-order valence-electron chi connectivity index (χ1n) is 5.40. The topological polar surface area (TPSA) is 126 Å². The van der Waals surface area contributed by atoms with Gasteiger partial charge in [0.15, 0.2) is 6.10 Å². The number of aliphatic carboxylic acids is 1. The molecule has 0 saturated heterocycles. The third kappa shape index (κ3) is 2.68. The van der Waals surface area contributed by atoms with Gasteiger partial charge in [0.1, 0.15) is 0 Å². The Kier molecular flexibility index (Phi) is 3.43. The molecule has 2 heterocycles. The average Bonchev–Trinajstić information content (AvgIpc) is 2.76. The molecule has 8 heteroatoms. The van der Waals surface area contributed by atoms with E-state index in [1.54, 1.807) is 6.92 Å². The van der Waals surface area contributed by atoms with Gasteiger partial charge in [-0.25, -0.2) is 9.78 Å². The first-order valence-corrected chi connectivity index (χ1v) is 5.40. The molecule has 0 radical (unpaired) electrons. The molecule has 8 nitrogen and oxygen atoms in total. The number of aliphatic hydroxyl groups excluding tert-OH is 1. The van der Waals surface area contributed by atoms with Gasteiger partial charge >= 0.3 is 5.97 Å². The van der Waals surface area contributed by atoms with Crippen LogP contribution in [-0.2, 0) is 4.79 Å². The number of hydrogen-bond donors (Lipinski definition) is 3. The molecule has 3 N–H and O–H groups in total. The number of aromatic nitrogens is 2. The number of aryl methyl sites for hydroxylation is 1. The van der Waals surface area contributed by atoms with E-state index >= 15 is 0 Å². The monoisotopic (exact) mass is 265 g/mol. The normalized spacial score (nSPS) is 12.3. The van der Waals surface area contributed by atoms with Crippen LogP contribution < -0.4 is 5.32 Å². The van der Waals surface area contributed by atoms with Crippen molar-refractivity contribution in [3.63, 3.8) is 0 Å². The zero-order chi connectivity index (χ0) is 14.0. The molecule has 2 aromatic rings. The second-order valence-electron chi connectivity index (χ2n) is 3.91. The lowest BCUT2D eigenvalue weighted by molar-refractivity contribution is -0.146. The van der Waals surface area contributed by atoms with E-state index < -0.39 is 18.0 Å². The zero-order valence-electron chi connectivity index (χ0n) is 9.95. The van der Waals surface area contributed by atoms with Gasteiger partial charge in [-0.15, -0.1) is 0 Å². The third-order valence-electron chi connectivity index (χ3n) is 2.51. The molecule has 100 valence electrons. The highest BCUT2D eigenvalue weighted by atomic mass is 16.5. The lowest BCUT2D eigenvalue weighted by atomic mass is 10.2. The molecule has 0 spiro atoms. The molecule has 2 rings (SSSR count). The van der Waals surface area contributed by atoms with E-state index in [1.165, 1.54) is 12.3 Å². The first kappa shape index (κ1) is 13.0. The van der Waals surface area contributed by atoms with E-state index in [0.29, 0.717) is 16.8 Å². The van der Waals surface area contributed by atoms with Crippen LogP contribution in [0.1, 0.15) is 16.1 Å². The van der Waals surface area contributed by atoms with Crippen molar-refractivity contribution in [2.45, 2.75) is 13.0 Å². The lowest BCUT2D eigenvalue weighted by Gasteiger charge is -2.07. The highest BCUT2D eigenvalue weighted by Gasteiger charge is 2.16. The summed E-state index contributed by atoms with van der Waals surface area (Å²) in [6.45, 7) is 1.33. The fraction of sp³-hybridized carbons (Fsp3) is 0.273. The Labute approximate surface area is 107 Å². The fourth-order valence-electron chi connectivity index (χ4n) is 1.45. The van der Waals surface area contributed by atoms with E-state index in [1.807, 2.05) is 0 Å². The number of carbonyl (C=O) groups is 2. The molecule has 1 amide bonds. The van der Waals surface area contributed by atoms with Crippen LogP contribution in [0.3, 0.4) is 0 Å². The number of pyridine rings is 1. The SMILES string of the molecule is Cc1noc2ncc(C(=O)NCC(O)C(=O)O)cc12. The van der Waals surface area contributed by atoms with Gasteiger partial charge in [0, 0.05) is 6.20 Å². The Hall–Kier alpha value is -2.48. The molecule has 1 atom stereocenters. The minimum absolute atomic E-state index is 0.233. The molecule has 0 saturated carbocycles. The predicted octanol–water partition coefficient (Wildman–Crippen LogP) is -0.293. The van der Waals surface area contributed by atoms with Crippen LogP contribution in [0.5, 0.6) is 0 Å². The predicted molar refractivity (Wildman–Crippen MR) is 62.5 cm³/mol. The third-order valence-corrected chi connectivity index (χ3v) is 2.51. The summed E-state index contributed by atoms with van der Waals surface area (Å²) in [5.74, 6) is -1.93. The molecule has 0 aliphatic carbocycles. The molecule has 19 heavy (non-hydrogen) atoms. The second kappa shape index (κ2) is 5.02. The van der Waals surface area contributed by atoms with Crippen molar-refractivity contribution in [3.8, 4) is 0 Å². The van der Waals surface area contributed by atoms with Gasteiger partial charge in [-0.2, -0.15) is 0 Å². The molecule has 0 aliphatic heterocycles. The van der Waals surface area contributed by atoms with Crippen molar-refractivity contribution < 1.29 is 24.3 Å². The number of nitrogens with one attached hydrogen (secondary N) is 1. The summed E-state index contributed by atoms with van der Waals surface area (Å²) in [7, 11) is 0. The van der Waals surface area contributed by atoms with Crippen LogP contribution in [0, 0.1) is 6.92 Å². The van der Waals surface area contributed by atoms with Crippen molar-refractivity contribution in [2.24, 2.45) is 0 Å². The van der Waals surface area contributed by atoms with Gasteiger partial charge < -0.3 is 20.1 Å². The summed E-state index contributed by atoms with van der Waals surface area (Å²) in [4.78, 5) is 26.1. The number of carboxylic acids is 1. The Morgan fingerprint density at radius 2 is 2.26 bits per heavy atom. The van der Waals surface area contributed by atoms with Crippen molar-refractivity contribution in [1.29, 1.82) is 0 Å². The highest BCUT2D eigenvalue weighted by molar-refractivity contribution is 5.97. The maximum Gasteiger partial charge on any atom is 0.334 e. The Bertz CT molecular complexity index is 636. The molecular formula is C11H11N3O5. The van der Waals surface area contributed by atoms with Crippen LogP contribution in [-0.4, -0.2) is 44.9 Å². The number of aliphatic hydroxyl groups is 1. The molecule has 1 unspecified atom stereocenters. The van der Waals surface area contributed by atoms with Crippen molar-refractivity contribution in [1.82, 2.24) is 15.5 Å². The summed E-state index contributed by atoms with van der Waals surface area (Å²) in [6, 6.07) is 1.54. The van der Waals surface area contributed by atoms with E-state index in [9.17, 15) is 9.59 Å². The second-order valence-corrected chi connectivity index (χ2v) is 3.91. The van der Waals surface area contributed by atoms with E-state index in [4.69, 9.17) is 14.7 Å². The molecule has 0 bridgehead atoms. The standard InChI is InChI=1S/C11H11N3O5/c1-5-7-2-6(3-13-10(7)19-14-5)9(16)12-4-8(15)11(17)18/h2-3,8,15H,4H2,1H3,(H,12,16)(H,17,18). The van der Waals surface area contributed by atoms with Crippen LogP contribution in [0.15, 0.2) is 16.8 Å². The lowest BCUT2D eigenvalue weighted by Crippen LogP contribution is -2.36. The Balaban J connectivity index is 2.13. The van der Waals surface area contributed by atoms with E-state index in [-0.39, 0.29) is 12.1 Å². The Morgan fingerprint density at radius 1 is 1.53 bits per heavy atom. The van der Waals surface area contributed by atoms with Gasteiger partial charge in [0.05, 0.1) is 23.2 Å². The van der Waals surface area contributed by atoms with Crippen LogP contribution in [0.4, 0.5) is 0 Å². The number of amides is 1. The maximum atomic E-state index is 11.7. The summed E-state index contributed by atoms with van der Waals surface area (Å²) < 4.78 is 4.90. The van der Waals surface area contributed by atoms with Crippen molar-refractivity contribution in [2.75, 3.05) is 6.54 Å². The number of nitrogens with zero attached hydrogens (tertiary/aromatic N) is 2. The molecular weight excluding hydrogens is 254 g/mol. The zero-order valence-corrected chi connectivity index (χ0v) is 9.95. The molecule has 0 aliphatic rings. The van der Waals surface area contributed by atoms with Gasteiger partial charge in [0.2, 0.25) is 0 Å². The van der Waals surface area contributed by atoms with Crippen LogP contribution >= 0.6 is 0 Å². The highest BCUT2D eigenvalue weighted by Crippen LogP contribution is 2.16. The van der Waals surface area contributed by atoms with Gasteiger partial charge in [-0.1, -0.05) is 5.16 Å². The summed E-state index contributed by atoms with van der Waals surface area (Å²) in [6.07, 6.45) is -0.354. The first-order chi connectivity index (χ1) is 8.99. The summed E-state index contributed by atoms with van der Waals surface area (Å²) >= 11 is 0. The Morgan fingerprint density at radius 3 is 2.95 bits per heavy atom. The number of carbonyl (C=O) groups excluding carboxylic acids is 1. The van der Waals surface area contributed by atoms with Gasteiger partial charge in [-0.3, -0.25) is 4.79 Å². The molecule has 2 aromatic heterocycles. The minimum Gasteiger partial charge on any atom is -0.479 e. The average molecular weight is 265 g/mol. The maximum absolute atomic E-state index is 11.7.